The van der Waals surface area contributed by atoms with Crippen LogP contribution in [-0.4, -0.2) is 47.1 Å². The number of amides is 1. The second-order valence-corrected chi connectivity index (χ2v) is 7.26. The SMILES string of the molecule is C[C@]1(NCC(=O)O)CCN(C(=O)[C@H]2C[C@@H]2c2cccc(Cl)c2)C1. The second kappa shape index (κ2) is 6.13. The van der Waals surface area contributed by atoms with Crippen molar-refractivity contribution in [1.82, 2.24) is 10.2 Å². The Kier molecular flexibility index (Phi) is 4.34. The number of benzene rings is 1. The summed E-state index contributed by atoms with van der Waals surface area (Å²) in [4.78, 5) is 25.2. The zero-order valence-electron chi connectivity index (χ0n) is 13.1. The molecule has 23 heavy (non-hydrogen) atoms. The minimum atomic E-state index is -0.876. The van der Waals surface area contributed by atoms with E-state index in [0.717, 1.165) is 18.4 Å². The van der Waals surface area contributed by atoms with Gasteiger partial charge in [0.15, 0.2) is 0 Å². The minimum Gasteiger partial charge on any atom is -0.480 e. The zero-order valence-corrected chi connectivity index (χ0v) is 13.8. The fourth-order valence-electron chi connectivity index (χ4n) is 3.39. The molecule has 2 aliphatic rings. The smallest absolute Gasteiger partial charge is 0.317 e. The van der Waals surface area contributed by atoms with Crippen molar-refractivity contribution < 1.29 is 14.7 Å². The van der Waals surface area contributed by atoms with Gasteiger partial charge in [-0.2, -0.15) is 0 Å². The topological polar surface area (TPSA) is 69.6 Å². The lowest BCUT2D eigenvalue weighted by molar-refractivity contribution is -0.136. The number of nitrogens with one attached hydrogen (secondary N) is 1. The third-order valence-electron chi connectivity index (χ3n) is 4.84. The first-order valence-electron chi connectivity index (χ1n) is 7.89. The molecule has 0 aromatic heterocycles. The molecule has 3 rings (SSSR count). The van der Waals surface area contributed by atoms with Gasteiger partial charge in [-0.25, -0.2) is 0 Å². The monoisotopic (exact) mass is 336 g/mol. The van der Waals surface area contributed by atoms with Gasteiger partial charge < -0.3 is 10.0 Å². The summed E-state index contributed by atoms with van der Waals surface area (Å²) < 4.78 is 0. The summed E-state index contributed by atoms with van der Waals surface area (Å²) >= 11 is 6.02. The lowest BCUT2D eigenvalue weighted by atomic mass is 10.0. The molecule has 124 valence electrons. The predicted molar refractivity (Wildman–Crippen MR) is 87.5 cm³/mol. The number of hydrogen-bond donors (Lipinski definition) is 2. The number of aliphatic carboxylic acids is 1. The number of carboxylic acids is 1. The molecule has 6 heteroatoms. The molecule has 3 atom stereocenters. The first-order valence-corrected chi connectivity index (χ1v) is 8.27. The lowest BCUT2D eigenvalue weighted by Gasteiger charge is -2.25. The molecule has 1 saturated carbocycles. The zero-order chi connectivity index (χ0) is 16.6. The highest BCUT2D eigenvalue weighted by Gasteiger charge is 2.48. The quantitative estimate of drug-likeness (QED) is 0.864. The maximum atomic E-state index is 12.7. The maximum absolute atomic E-state index is 12.7. The number of halogens is 1. The number of carbonyl (C=O) groups is 2. The standard InChI is InChI=1S/C17H21ClN2O3/c1-17(19-9-15(21)22)5-6-20(10-17)16(23)14-8-13(14)11-3-2-4-12(18)7-11/h2-4,7,13-14,19H,5-6,8-10H2,1H3,(H,21,22)/t13-,14+,17+/m1/s1. The molecule has 1 heterocycles. The van der Waals surface area contributed by atoms with Gasteiger partial charge in [0, 0.05) is 29.6 Å². The molecule has 0 spiro atoms. The number of likely N-dealkylation sites (tertiary alicyclic amines) is 1. The van der Waals surface area contributed by atoms with Crippen molar-refractivity contribution in [3.8, 4) is 0 Å². The van der Waals surface area contributed by atoms with Crippen LogP contribution in [0, 0.1) is 5.92 Å². The van der Waals surface area contributed by atoms with E-state index in [0.29, 0.717) is 18.1 Å². The molecule has 2 fully saturated rings. The third-order valence-corrected chi connectivity index (χ3v) is 5.07. The Morgan fingerprint density at radius 1 is 1.48 bits per heavy atom. The predicted octanol–water partition coefficient (Wildman–Crippen LogP) is 2.11. The van der Waals surface area contributed by atoms with Crippen LogP contribution in [0.5, 0.6) is 0 Å². The van der Waals surface area contributed by atoms with Crippen molar-refractivity contribution >= 4 is 23.5 Å². The Balaban J connectivity index is 1.57. The first kappa shape index (κ1) is 16.3. The van der Waals surface area contributed by atoms with E-state index in [1.807, 2.05) is 36.1 Å². The van der Waals surface area contributed by atoms with Crippen molar-refractivity contribution in [2.45, 2.75) is 31.2 Å². The molecule has 0 radical (unpaired) electrons. The van der Waals surface area contributed by atoms with Gasteiger partial charge in [-0.15, -0.1) is 0 Å². The first-order chi connectivity index (χ1) is 10.9. The molecule has 1 amide bonds. The van der Waals surface area contributed by atoms with Gasteiger partial charge in [-0.1, -0.05) is 23.7 Å². The highest BCUT2D eigenvalue weighted by molar-refractivity contribution is 6.30. The Hall–Kier alpha value is -1.59. The summed E-state index contributed by atoms with van der Waals surface area (Å²) in [6.07, 6.45) is 1.65. The van der Waals surface area contributed by atoms with Gasteiger partial charge in [0.25, 0.3) is 0 Å². The van der Waals surface area contributed by atoms with Crippen molar-refractivity contribution in [1.29, 1.82) is 0 Å². The minimum absolute atomic E-state index is 0.0373. The number of carboxylic acid groups (broad SMARTS) is 1. The highest BCUT2D eigenvalue weighted by Crippen LogP contribution is 2.49. The molecule has 1 aromatic carbocycles. The third kappa shape index (κ3) is 3.67. The van der Waals surface area contributed by atoms with Crippen molar-refractivity contribution in [3.05, 3.63) is 34.9 Å². The normalized spacial score (nSPS) is 29.6. The summed E-state index contributed by atoms with van der Waals surface area (Å²) in [7, 11) is 0. The van der Waals surface area contributed by atoms with Crippen LogP contribution in [0.2, 0.25) is 5.02 Å². The van der Waals surface area contributed by atoms with E-state index >= 15 is 0 Å². The second-order valence-electron chi connectivity index (χ2n) is 6.82. The van der Waals surface area contributed by atoms with E-state index in [-0.39, 0.29) is 29.8 Å². The maximum Gasteiger partial charge on any atom is 0.317 e. The molecule has 5 nitrogen and oxygen atoms in total. The van der Waals surface area contributed by atoms with Crippen molar-refractivity contribution in [2.75, 3.05) is 19.6 Å². The van der Waals surface area contributed by atoms with E-state index in [9.17, 15) is 9.59 Å². The molecule has 0 unspecified atom stereocenters. The largest absolute Gasteiger partial charge is 0.480 e. The summed E-state index contributed by atoms with van der Waals surface area (Å²) in [5, 5.41) is 12.5. The Morgan fingerprint density at radius 3 is 2.96 bits per heavy atom. The number of rotatable bonds is 5. The highest BCUT2D eigenvalue weighted by atomic mass is 35.5. The molecule has 1 aromatic rings. The van der Waals surface area contributed by atoms with Gasteiger partial charge >= 0.3 is 5.97 Å². The molecular formula is C17H21ClN2O3. The van der Waals surface area contributed by atoms with Crippen LogP contribution in [0.15, 0.2) is 24.3 Å². The van der Waals surface area contributed by atoms with Gasteiger partial charge in [-0.05, 0) is 43.4 Å². The van der Waals surface area contributed by atoms with E-state index in [4.69, 9.17) is 16.7 Å². The summed E-state index contributed by atoms with van der Waals surface area (Å²) in [5.41, 5.74) is 0.816. The molecule has 1 aliphatic carbocycles. The average Bonchev–Trinajstić information content (AvgIpc) is 3.21. The number of hydrogen-bond acceptors (Lipinski definition) is 3. The lowest BCUT2D eigenvalue weighted by Crippen LogP contribution is -2.47. The van der Waals surface area contributed by atoms with E-state index in [2.05, 4.69) is 5.32 Å². The van der Waals surface area contributed by atoms with Crippen LogP contribution in [0.3, 0.4) is 0 Å². The van der Waals surface area contributed by atoms with Gasteiger partial charge in [0.2, 0.25) is 5.91 Å². The van der Waals surface area contributed by atoms with Crippen molar-refractivity contribution in [2.24, 2.45) is 5.92 Å². The van der Waals surface area contributed by atoms with Crippen LogP contribution < -0.4 is 5.32 Å². The summed E-state index contributed by atoms with van der Waals surface area (Å²) in [5.74, 6) is -0.398. The van der Waals surface area contributed by atoms with Crippen molar-refractivity contribution in [3.63, 3.8) is 0 Å². The van der Waals surface area contributed by atoms with Crippen LogP contribution >= 0.6 is 11.6 Å². The van der Waals surface area contributed by atoms with Gasteiger partial charge in [0.1, 0.15) is 0 Å². The Bertz CT molecular complexity index is 636. The summed E-state index contributed by atoms with van der Waals surface area (Å²) in [6, 6.07) is 7.71. The van der Waals surface area contributed by atoms with E-state index in [1.165, 1.54) is 0 Å². The fourth-order valence-corrected chi connectivity index (χ4v) is 3.59. The van der Waals surface area contributed by atoms with Crippen LogP contribution in [0.1, 0.15) is 31.2 Å². The molecule has 1 aliphatic heterocycles. The van der Waals surface area contributed by atoms with Gasteiger partial charge in [0.05, 0.1) is 6.54 Å². The summed E-state index contributed by atoms with van der Waals surface area (Å²) in [6.45, 7) is 3.15. The Morgan fingerprint density at radius 2 is 2.26 bits per heavy atom. The average molecular weight is 337 g/mol. The molecule has 1 saturated heterocycles. The van der Waals surface area contributed by atoms with E-state index < -0.39 is 5.97 Å². The van der Waals surface area contributed by atoms with Crippen LogP contribution in [-0.2, 0) is 9.59 Å². The Labute approximate surface area is 140 Å². The van der Waals surface area contributed by atoms with Crippen LogP contribution in [0.4, 0.5) is 0 Å². The van der Waals surface area contributed by atoms with E-state index in [1.54, 1.807) is 0 Å². The van der Waals surface area contributed by atoms with Gasteiger partial charge in [-0.3, -0.25) is 14.9 Å². The number of carbonyl (C=O) groups excluding carboxylic acids is 1. The molecular weight excluding hydrogens is 316 g/mol. The fraction of sp³-hybridized carbons (Fsp3) is 0.529. The molecule has 2 N–H and O–H groups in total. The number of nitrogens with zero attached hydrogens (tertiary/aromatic N) is 1. The van der Waals surface area contributed by atoms with Crippen LogP contribution in [0.25, 0.3) is 0 Å². The molecule has 0 bridgehead atoms.